The van der Waals surface area contributed by atoms with Gasteiger partial charge >= 0.3 is 6.09 Å². The van der Waals surface area contributed by atoms with Crippen molar-refractivity contribution in [3.8, 4) is 5.69 Å². The maximum absolute atomic E-state index is 12.5. The molecule has 0 saturated carbocycles. The Hall–Kier alpha value is -2.79. The highest BCUT2D eigenvalue weighted by molar-refractivity contribution is 6.30. The summed E-state index contributed by atoms with van der Waals surface area (Å²) in [6, 6.07) is 19.0. The summed E-state index contributed by atoms with van der Waals surface area (Å²) in [5.74, 6) is 0. The summed E-state index contributed by atoms with van der Waals surface area (Å²) in [7, 11) is 1.38. The molecule has 5 nitrogen and oxygen atoms in total. The second kappa shape index (κ2) is 8.07. The lowest BCUT2D eigenvalue weighted by molar-refractivity contribution is 0.178. The fourth-order valence-electron chi connectivity index (χ4n) is 2.87. The maximum atomic E-state index is 12.5. The summed E-state index contributed by atoms with van der Waals surface area (Å²) in [4.78, 5) is 14.1. The number of amides is 1. The molecular weight excluding hydrogens is 374 g/mol. The van der Waals surface area contributed by atoms with Crippen molar-refractivity contribution in [1.82, 2.24) is 9.78 Å². The number of carbonyl (C=O) groups is 1. The van der Waals surface area contributed by atoms with Crippen LogP contribution in [0.5, 0.6) is 0 Å². The fraction of sp³-hybridized carbons (Fsp3) is 0.273. The van der Waals surface area contributed by atoms with E-state index in [-0.39, 0.29) is 5.41 Å². The number of aromatic nitrogens is 2. The Morgan fingerprint density at radius 1 is 1.11 bits per heavy atom. The van der Waals surface area contributed by atoms with E-state index < -0.39 is 6.09 Å². The van der Waals surface area contributed by atoms with Gasteiger partial charge in [-0.05, 0) is 36.4 Å². The smallest absolute Gasteiger partial charge is 0.414 e. The number of nitrogens with zero attached hydrogens (tertiary/aromatic N) is 3. The van der Waals surface area contributed by atoms with E-state index in [1.54, 1.807) is 4.90 Å². The van der Waals surface area contributed by atoms with E-state index in [2.05, 4.69) is 20.8 Å². The molecular formula is C22H24ClN3O2. The lowest BCUT2D eigenvalue weighted by Crippen LogP contribution is -2.31. The Morgan fingerprint density at radius 3 is 2.43 bits per heavy atom. The van der Waals surface area contributed by atoms with Crippen LogP contribution < -0.4 is 4.90 Å². The molecule has 146 valence electrons. The van der Waals surface area contributed by atoms with Crippen LogP contribution in [-0.2, 0) is 16.7 Å². The molecule has 6 heteroatoms. The van der Waals surface area contributed by atoms with Crippen molar-refractivity contribution in [2.75, 3.05) is 12.0 Å². The Kier molecular flexibility index (Phi) is 5.75. The second-order valence-electron chi connectivity index (χ2n) is 7.55. The van der Waals surface area contributed by atoms with Crippen LogP contribution in [0, 0.1) is 0 Å². The van der Waals surface area contributed by atoms with Gasteiger partial charge < -0.3 is 4.74 Å². The molecule has 1 amide bonds. The lowest BCUT2D eigenvalue weighted by atomic mass is 9.92. The SMILES string of the molecule is COC(=O)N(Cc1cc(C(C)(C)C)nn1-c1cccc(Cl)c1)c1ccccc1. The molecule has 0 fully saturated rings. The Labute approximate surface area is 170 Å². The number of anilines is 1. The van der Waals surface area contributed by atoms with Gasteiger partial charge in [-0.15, -0.1) is 0 Å². The van der Waals surface area contributed by atoms with Crippen LogP contribution in [0.2, 0.25) is 5.02 Å². The van der Waals surface area contributed by atoms with Crippen molar-refractivity contribution in [3.05, 3.63) is 77.1 Å². The summed E-state index contributed by atoms with van der Waals surface area (Å²) in [6.45, 7) is 6.64. The van der Waals surface area contributed by atoms with Gasteiger partial charge in [-0.3, -0.25) is 4.90 Å². The van der Waals surface area contributed by atoms with Crippen LogP contribution in [-0.4, -0.2) is 23.0 Å². The summed E-state index contributed by atoms with van der Waals surface area (Å²) < 4.78 is 6.85. The van der Waals surface area contributed by atoms with Crippen molar-refractivity contribution < 1.29 is 9.53 Å². The Bertz CT molecular complexity index is 961. The Balaban J connectivity index is 2.08. The molecule has 3 aromatic rings. The zero-order valence-electron chi connectivity index (χ0n) is 16.5. The lowest BCUT2D eigenvalue weighted by Gasteiger charge is -2.21. The van der Waals surface area contributed by atoms with E-state index in [0.717, 1.165) is 22.8 Å². The van der Waals surface area contributed by atoms with Crippen LogP contribution in [0.25, 0.3) is 5.69 Å². The number of hydrogen-bond acceptors (Lipinski definition) is 3. The minimum Gasteiger partial charge on any atom is -0.452 e. The molecule has 0 aliphatic heterocycles. The number of methoxy groups -OCH3 is 1. The van der Waals surface area contributed by atoms with Gasteiger partial charge in [0.15, 0.2) is 0 Å². The van der Waals surface area contributed by atoms with Crippen LogP contribution in [0.4, 0.5) is 10.5 Å². The van der Waals surface area contributed by atoms with Gasteiger partial charge in [-0.25, -0.2) is 9.48 Å². The first-order chi connectivity index (χ1) is 13.3. The number of rotatable bonds is 4. The molecule has 0 aliphatic rings. The van der Waals surface area contributed by atoms with Gasteiger partial charge in [0.05, 0.1) is 30.7 Å². The molecule has 0 unspecified atom stereocenters. The van der Waals surface area contributed by atoms with E-state index in [1.165, 1.54) is 7.11 Å². The first-order valence-corrected chi connectivity index (χ1v) is 9.43. The summed E-state index contributed by atoms with van der Waals surface area (Å²) >= 11 is 6.19. The first kappa shape index (κ1) is 20.0. The summed E-state index contributed by atoms with van der Waals surface area (Å²) in [5, 5.41) is 5.43. The molecule has 3 rings (SSSR count). The fourth-order valence-corrected chi connectivity index (χ4v) is 3.06. The van der Waals surface area contributed by atoms with Crippen LogP contribution >= 0.6 is 11.6 Å². The number of hydrogen-bond donors (Lipinski definition) is 0. The van der Waals surface area contributed by atoms with Gasteiger partial charge in [0.25, 0.3) is 0 Å². The molecule has 0 radical (unpaired) electrons. The van der Waals surface area contributed by atoms with Crippen molar-refractivity contribution >= 4 is 23.4 Å². The largest absolute Gasteiger partial charge is 0.452 e. The van der Waals surface area contributed by atoms with Gasteiger partial charge in [-0.1, -0.05) is 56.6 Å². The number of benzene rings is 2. The minimum atomic E-state index is -0.428. The topological polar surface area (TPSA) is 47.4 Å². The number of carbonyl (C=O) groups excluding carboxylic acids is 1. The molecule has 0 N–H and O–H groups in total. The highest BCUT2D eigenvalue weighted by atomic mass is 35.5. The van der Waals surface area contributed by atoms with Crippen molar-refractivity contribution in [3.63, 3.8) is 0 Å². The number of ether oxygens (including phenoxy) is 1. The third-order valence-corrected chi connectivity index (χ3v) is 4.62. The van der Waals surface area contributed by atoms with E-state index in [4.69, 9.17) is 21.4 Å². The normalized spacial score (nSPS) is 11.3. The molecule has 1 heterocycles. The number of para-hydroxylation sites is 1. The standard InChI is InChI=1S/C22H24ClN3O2/c1-22(2,3)20-14-19(26(24-20)18-12-8-9-16(23)13-18)15-25(21(27)28-4)17-10-6-5-7-11-17/h5-14H,15H2,1-4H3. The van der Waals surface area contributed by atoms with Gasteiger partial charge in [0.2, 0.25) is 0 Å². The summed E-state index contributed by atoms with van der Waals surface area (Å²) in [5.41, 5.74) is 3.25. The highest BCUT2D eigenvalue weighted by Gasteiger charge is 2.24. The minimum absolute atomic E-state index is 0.137. The molecule has 0 spiro atoms. The van der Waals surface area contributed by atoms with Crippen molar-refractivity contribution in [2.24, 2.45) is 0 Å². The van der Waals surface area contributed by atoms with Crippen molar-refractivity contribution in [1.29, 1.82) is 0 Å². The third-order valence-electron chi connectivity index (χ3n) is 4.39. The molecule has 28 heavy (non-hydrogen) atoms. The zero-order chi connectivity index (χ0) is 20.3. The third kappa shape index (κ3) is 4.37. The summed E-state index contributed by atoms with van der Waals surface area (Å²) in [6.07, 6.45) is -0.428. The molecule has 0 saturated heterocycles. The second-order valence-corrected chi connectivity index (χ2v) is 7.99. The van der Waals surface area contributed by atoms with E-state index in [1.807, 2.05) is 65.3 Å². The first-order valence-electron chi connectivity index (χ1n) is 9.05. The predicted octanol–water partition coefficient (Wildman–Crippen LogP) is 5.60. The number of halogens is 1. The monoisotopic (exact) mass is 397 g/mol. The zero-order valence-corrected chi connectivity index (χ0v) is 17.3. The highest BCUT2D eigenvalue weighted by Crippen LogP contribution is 2.27. The van der Waals surface area contributed by atoms with Gasteiger partial charge in [0.1, 0.15) is 0 Å². The van der Waals surface area contributed by atoms with Crippen LogP contribution in [0.15, 0.2) is 60.7 Å². The predicted molar refractivity (Wildman–Crippen MR) is 112 cm³/mol. The molecule has 2 aromatic carbocycles. The van der Waals surface area contributed by atoms with Crippen molar-refractivity contribution in [2.45, 2.75) is 32.7 Å². The molecule has 0 aliphatic carbocycles. The van der Waals surface area contributed by atoms with Gasteiger partial charge in [-0.2, -0.15) is 5.10 Å². The molecule has 0 bridgehead atoms. The van der Waals surface area contributed by atoms with Gasteiger partial charge in [0, 0.05) is 16.1 Å². The molecule has 1 aromatic heterocycles. The molecule has 0 atom stereocenters. The average molecular weight is 398 g/mol. The quantitative estimate of drug-likeness (QED) is 0.576. The van der Waals surface area contributed by atoms with E-state index in [0.29, 0.717) is 11.6 Å². The maximum Gasteiger partial charge on any atom is 0.414 e. The Morgan fingerprint density at radius 2 is 1.82 bits per heavy atom. The van der Waals surface area contributed by atoms with Crippen LogP contribution in [0.1, 0.15) is 32.2 Å². The van der Waals surface area contributed by atoms with Crippen LogP contribution in [0.3, 0.4) is 0 Å². The average Bonchev–Trinajstić information content (AvgIpc) is 3.10. The van der Waals surface area contributed by atoms with E-state index >= 15 is 0 Å². The van der Waals surface area contributed by atoms with E-state index in [9.17, 15) is 4.79 Å².